The van der Waals surface area contributed by atoms with Gasteiger partial charge in [-0.3, -0.25) is 0 Å². The zero-order valence-electron chi connectivity index (χ0n) is 13.2. The van der Waals surface area contributed by atoms with E-state index in [0.29, 0.717) is 13.2 Å². The van der Waals surface area contributed by atoms with Crippen molar-refractivity contribution in [2.75, 3.05) is 20.4 Å². The van der Waals surface area contributed by atoms with Crippen molar-refractivity contribution in [3.63, 3.8) is 0 Å². The number of nitrogens with two attached hydrogens (primary N) is 1. The Balaban J connectivity index is 1.99. The lowest BCUT2D eigenvalue weighted by molar-refractivity contribution is 0.301. The van der Waals surface area contributed by atoms with E-state index in [9.17, 15) is 0 Å². The molecule has 2 rings (SSSR count). The summed E-state index contributed by atoms with van der Waals surface area (Å²) in [7, 11) is 0.422. The zero-order chi connectivity index (χ0) is 15.9. The third-order valence-corrected chi connectivity index (χ3v) is 4.08. The van der Waals surface area contributed by atoms with Gasteiger partial charge in [0, 0.05) is 19.3 Å². The summed E-state index contributed by atoms with van der Waals surface area (Å²) in [6.07, 6.45) is 3.00. The minimum atomic E-state index is -1.24. The number of aryl methyl sites for hydroxylation is 1. The van der Waals surface area contributed by atoms with Crippen LogP contribution in [-0.2, 0) is 17.6 Å². The Bertz CT molecular complexity index is 601. The van der Waals surface area contributed by atoms with Crippen molar-refractivity contribution in [3.05, 3.63) is 24.0 Å². The van der Waals surface area contributed by atoms with Crippen molar-refractivity contribution < 1.29 is 14.2 Å². The molecule has 1 heterocycles. The summed E-state index contributed by atoms with van der Waals surface area (Å²) in [4.78, 5) is 13.7. The fourth-order valence-electron chi connectivity index (χ4n) is 2.43. The number of aromatic nitrogens is 2. The predicted molar refractivity (Wildman–Crippen MR) is 89.0 cm³/mol. The highest BCUT2D eigenvalue weighted by Gasteiger charge is 2.10. The Hall–Kier alpha value is -1.20. The number of nitrogens with zero attached hydrogens (tertiary/aromatic N) is 2. The third-order valence-electron chi connectivity index (χ3n) is 3.52. The molecule has 0 amide bonds. The van der Waals surface area contributed by atoms with Crippen molar-refractivity contribution >= 4 is 19.4 Å². The van der Waals surface area contributed by atoms with Gasteiger partial charge in [-0.25, -0.2) is 4.98 Å². The molecule has 0 bridgehead atoms. The van der Waals surface area contributed by atoms with Crippen LogP contribution >= 0.6 is 8.38 Å². The van der Waals surface area contributed by atoms with Gasteiger partial charge in [0.15, 0.2) is 8.38 Å². The molecule has 0 fully saturated rings. The van der Waals surface area contributed by atoms with Gasteiger partial charge in [0.2, 0.25) is 0 Å². The van der Waals surface area contributed by atoms with Crippen LogP contribution in [0.15, 0.2) is 18.2 Å². The summed E-state index contributed by atoms with van der Waals surface area (Å²) in [5, 5.41) is 0. The van der Waals surface area contributed by atoms with Crippen LogP contribution < -0.4 is 10.5 Å². The Morgan fingerprint density at radius 1 is 1.32 bits per heavy atom. The first-order chi connectivity index (χ1) is 10.7. The Kier molecular flexibility index (Phi) is 6.58. The molecule has 122 valence electrons. The van der Waals surface area contributed by atoms with Crippen LogP contribution in [0.3, 0.4) is 0 Å². The van der Waals surface area contributed by atoms with Crippen molar-refractivity contribution in [3.8, 4) is 5.75 Å². The second-order valence-electron chi connectivity index (χ2n) is 5.10. The van der Waals surface area contributed by atoms with Gasteiger partial charge >= 0.3 is 0 Å². The molecule has 0 radical (unpaired) electrons. The van der Waals surface area contributed by atoms with Gasteiger partial charge in [0.05, 0.1) is 31.3 Å². The molecular formula is C15H24N3O3P. The minimum Gasteiger partial charge on any atom is -0.497 e. The van der Waals surface area contributed by atoms with Gasteiger partial charge in [-0.05, 0) is 31.4 Å². The number of fused-ring (bicyclic) bond motifs is 1. The molecule has 0 saturated heterocycles. The highest BCUT2D eigenvalue weighted by molar-refractivity contribution is 7.45. The molecule has 1 atom stereocenters. The lowest BCUT2D eigenvalue weighted by Gasteiger charge is -2.09. The molecule has 0 spiro atoms. The molecule has 2 aromatic rings. The van der Waals surface area contributed by atoms with E-state index in [1.54, 1.807) is 13.8 Å². The number of benzene rings is 1. The molecular weight excluding hydrogens is 301 g/mol. The molecule has 3 N–H and O–H groups in total. The Morgan fingerprint density at radius 3 is 2.82 bits per heavy atom. The second kappa shape index (κ2) is 8.44. The number of methoxy groups -OCH3 is 1. The normalized spacial score (nSPS) is 12.7. The van der Waals surface area contributed by atoms with E-state index in [0.717, 1.165) is 48.4 Å². The van der Waals surface area contributed by atoms with E-state index in [4.69, 9.17) is 19.9 Å². The molecule has 1 aromatic carbocycles. The maximum Gasteiger partial charge on any atom is 0.164 e. The fraction of sp³-hybridized carbons (Fsp3) is 0.533. The Morgan fingerprint density at radius 2 is 2.14 bits per heavy atom. The van der Waals surface area contributed by atoms with Crippen LogP contribution in [0.4, 0.5) is 0 Å². The molecule has 0 aliphatic carbocycles. The van der Waals surface area contributed by atoms with E-state index >= 15 is 0 Å². The summed E-state index contributed by atoms with van der Waals surface area (Å²) in [5.74, 6) is 1.72. The maximum atomic E-state index is 9.10. The van der Waals surface area contributed by atoms with Gasteiger partial charge in [-0.1, -0.05) is 0 Å². The van der Waals surface area contributed by atoms with Crippen LogP contribution in [0.5, 0.6) is 5.75 Å². The van der Waals surface area contributed by atoms with E-state index in [1.807, 2.05) is 18.2 Å². The van der Waals surface area contributed by atoms with Gasteiger partial charge in [0.1, 0.15) is 11.6 Å². The first-order valence-corrected chi connectivity index (χ1v) is 9.10. The lowest BCUT2D eigenvalue weighted by atomic mass is 10.2. The van der Waals surface area contributed by atoms with Crippen molar-refractivity contribution in [1.29, 1.82) is 0 Å². The molecule has 0 saturated carbocycles. The number of ether oxygens (including phenoxy) is 1. The summed E-state index contributed by atoms with van der Waals surface area (Å²) in [6.45, 7) is 3.59. The van der Waals surface area contributed by atoms with Gasteiger partial charge in [-0.15, -0.1) is 0 Å². The van der Waals surface area contributed by atoms with E-state index in [1.165, 1.54) is 0 Å². The first kappa shape index (κ1) is 17.2. The van der Waals surface area contributed by atoms with Crippen molar-refractivity contribution in [2.24, 2.45) is 5.73 Å². The zero-order valence-corrected chi connectivity index (χ0v) is 14.1. The van der Waals surface area contributed by atoms with Crippen LogP contribution in [0, 0.1) is 0 Å². The maximum absolute atomic E-state index is 9.10. The van der Waals surface area contributed by atoms with E-state index in [2.05, 4.69) is 9.55 Å². The molecule has 7 heteroatoms. The molecule has 0 aliphatic rings. The van der Waals surface area contributed by atoms with Crippen LogP contribution in [-0.4, -0.2) is 34.8 Å². The molecule has 0 aliphatic heterocycles. The van der Waals surface area contributed by atoms with Crippen molar-refractivity contribution in [1.82, 2.24) is 9.55 Å². The quantitative estimate of drug-likeness (QED) is 0.547. The van der Waals surface area contributed by atoms with Gasteiger partial charge < -0.3 is 24.5 Å². The molecule has 6 nitrogen and oxygen atoms in total. The average Bonchev–Trinajstić information content (AvgIpc) is 2.87. The van der Waals surface area contributed by atoms with Crippen LogP contribution in [0.1, 0.15) is 25.1 Å². The SMILES string of the molecule is COc1ccc2nc(CN)n(CCCCCOP(C)O)c2c1. The number of imidazole rings is 1. The number of hydrogen-bond acceptors (Lipinski definition) is 5. The standard InChI is InChI=1S/C15H24N3O3P/c1-20-12-6-7-13-14(10-12)18(15(11-16)17-13)8-4-3-5-9-21-22(2)19/h6-7,10,19H,3-5,8-9,11,16H2,1-2H3. The minimum absolute atomic E-state index is 0.421. The predicted octanol–water partition coefficient (Wildman–Crippen LogP) is 2.62. The molecule has 22 heavy (non-hydrogen) atoms. The molecule has 1 aromatic heterocycles. The molecule has 1 unspecified atom stereocenters. The van der Waals surface area contributed by atoms with Gasteiger partial charge in [0.25, 0.3) is 0 Å². The topological polar surface area (TPSA) is 82.5 Å². The Labute approximate surface area is 132 Å². The average molecular weight is 325 g/mol. The number of unbranched alkanes of at least 4 members (excludes halogenated alkanes) is 2. The fourth-order valence-corrected chi connectivity index (χ4v) is 2.82. The van der Waals surface area contributed by atoms with E-state index < -0.39 is 8.38 Å². The van der Waals surface area contributed by atoms with E-state index in [-0.39, 0.29) is 0 Å². The second-order valence-corrected chi connectivity index (χ2v) is 6.28. The summed E-state index contributed by atoms with van der Waals surface area (Å²) >= 11 is 0. The third kappa shape index (κ3) is 4.40. The first-order valence-electron chi connectivity index (χ1n) is 7.44. The monoisotopic (exact) mass is 325 g/mol. The highest BCUT2D eigenvalue weighted by Crippen LogP contribution is 2.25. The number of rotatable bonds is 9. The summed E-state index contributed by atoms with van der Waals surface area (Å²) < 4.78 is 12.6. The summed E-state index contributed by atoms with van der Waals surface area (Å²) in [5.41, 5.74) is 7.81. The smallest absolute Gasteiger partial charge is 0.164 e. The largest absolute Gasteiger partial charge is 0.497 e. The van der Waals surface area contributed by atoms with Crippen molar-refractivity contribution in [2.45, 2.75) is 32.4 Å². The highest BCUT2D eigenvalue weighted by atomic mass is 31.2. The van der Waals surface area contributed by atoms with Crippen LogP contribution in [0.25, 0.3) is 11.0 Å². The number of hydrogen-bond donors (Lipinski definition) is 2. The van der Waals surface area contributed by atoms with Crippen LogP contribution in [0.2, 0.25) is 0 Å². The van der Waals surface area contributed by atoms with Gasteiger partial charge in [-0.2, -0.15) is 0 Å². The lowest BCUT2D eigenvalue weighted by Crippen LogP contribution is -2.09. The summed E-state index contributed by atoms with van der Waals surface area (Å²) in [6, 6.07) is 5.87.